The zero-order valence-electron chi connectivity index (χ0n) is 15.7. The van der Waals surface area contributed by atoms with E-state index in [1.54, 1.807) is 36.4 Å². The molecule has 10 heteroatoms. The van der Waals surface area contributed by atoms with Crippen LogP contribution in [0.25, 0.3) is 22.8 Å². The highest BCUT2D eigenvalue weighted by Gasteiger charge is 2.20. The second-order valence-electron chi connectivity index (χ2n) is 5.67. The van der Waals surface area contributed by atoms with Crippen molar-refractivity contribution >= 4 is 34.8 Å². The first-order chi connectivity index (χ1) is 14.0. The van der Waals surface area contributed by atoms with E-state index >= 15 is 0 Å². The highest BCUT2D eigenvalue weighted by Crippen LogP contribution is 2.41. The van der Waals surface area contributed by atoms with Gasteiger partial charge in [-0.1, -0.05) is 40.5 Å². The predicted octanol–water partition coefficient (Wildman–Crippen LogP) is 4.17. The van der Waals surface area contributed by atoms with E-state index in [1.165, 1.54) is 21.3 Å². The molecule has 1 amide bonds. The predicted molar refractivity (Wildman–Crippen MR) is 109 cm³/mol. The van der Waals surface area contributed by atoms with Crippen molar-refractivity contribution in [3.63, 3.8) is 0 Å². The standard InChI is InChI=1S/C19H17Cl2N3O5/c1-26-13-8-10(9-14(27-2)15(13)28-3)17-23-19(29-24-17)11-6-4-5-7-12(11)22-18(25)16(20)21/h4-9,16H,1-3H3,(H,22,25). The van der Waals surface area contributed by atoms with E-state index in [-0.39, 0.29) is 5.89 Å². The number of carbonyl (C=O) groups is 1. The number of anilines is 1. The van der Waals surface area contributed by atoms with Gasteiger partial charge in [-0.3, -0.25) is 4.79 Å². The Morgan fingerprint density at radius 1 is 1.07 bits per heavy atom. The molecule has 0 spiro atoms. The summed E-state index contributed by atoms with van der Waals surface area (Å²) in [6, 6.07) is 10.3. The van der Waals surface area contributed by atoms with Crippen molar-refractivity contribution in [2.24, 2.45) is 0 Å². The van der Waals surface area contributed by atoms with Crippen molar-refractivity contribution in [2.45, 2.75) is 4.84 Å². The van der Waals surface area contributed by atoms with Crippen molar-refractivity contribution < 1.29 is 23.5 Å². The Kier molecular flexibility index (Phi) is 6.46. The number of hydrogen-bond donors (Lipinski definition) is 1. The number of ether oxygens (including phenoxy) is 3. The molecular weight excluding hydrogens is 421 g/mol. The number of methoxy groups -OCH3 is 3. The lowest BCUT2D eigenvalue weighted by molar-refractivity contribution is -0.114. The number of para-hydroxylation sites is 1. The molecule has 0 atom stereocenters. The largest absolute Gasteiger partial charge is 0.493 e. The number of alkyl halides is 2. The fourth-order valence-electron chi connectivity index (χ4n) is 2.63. The smallest absolute Gasteiger partial charge is 0.260 e. The van der Waals surface area contributed by atoms with Crippen molar-refractivity contribution in [1.29, 1.82) is 0 Å². The maximum atomic E-state index is 11.8. The van der Waals surface area contributed by atoms with Gasteiger partial charge in [-0.05, 0) is 24.3 Å². The third kappa shape index (κ3) is 4.38. The number of aromatic nitrogens is 2. The minimum Gasteiger partial charge on any atom is -0.493 e. The van der Waals surface area contributed by atoms with Crippen LogP contribution in [-0.4, -0.2) is 42.2 Å². The summed E-state index contributed by atoms with van der Waals surface area (Å²) >= 11 is 11.2. The average Bonchev–Trinajstić information content (AvgIpc) is 3.22. The van der Waals surface area contributed by atoms with Gasteiger partial charge in [0, 0.05) is 5.56 Å². The Morgan fingerprint density at radius 2 is 1.72 bits per heavy atom. The van der Waals surface area contributed by atoms with E-state index in [2.05, 4.69) is 15.5 Å². The monoisotopic (exact) mass is 437 g/mol. The molecule has 3 aromatic rings. The summed E-state index contributed by atoms with van der Waals surface area (Å²) in [5.41, 5.74) is 1.54. The molecule has 0 aliphatic rings. The summed E-state index contributed by atoms with van der Waals surface area (Å²) < 4.78 is 21.4. The number of halogens is 2. The van der Waals surface area contributed by atoms with Crippen LogP contribution >= 0.6 is 23.2 Å². The van der Waals surface area contributed by atoms with E-state index in [4.69, 9.17) is 41.9 Å². The van der Waals surface area contributed by atoms with Crippen LogP contribution in [0.1, 0.15) is 0 Å². The van der Waals surface area contributed by atoms with Crippen LogP contribution in [0.2, 0.25) is 0 Å². The molecule has 0 saturated carbocycles. The van der Waals surface area contributed by atoms with Gasteiger partial charge in [-0.2, -0.15) is 4.98 Å². The molecule has 0 aliphatic heterocycles. The van der Waals surface area contributed by atoms with Gasteiger partial charge in [0.15, 0.2) is 16.3 Å². The number of rotatable bonds is 7. The molecule has 1 heterocycles. The zero-order valence-corrected chi connectivity index (χ0v) is 17.2. The van der Waals surface area contributed by atoms with E-state index in [1.807, 2.05) is 0 Å². The Bertz CT molecular complexity index is 998. The average molecular weight is 438 g/mol. The number of benzene rings is 2. The zero-order chi connectivity index (χ0) is 21.0. The Hall–Kier alpha value is -2.97. The van der Waals surface area contributed by atoms with Gasteiger partial charge in [0.2, 0.25) is 11.6 Å². The molecule has 1 N–H and O–H groups in total. The van der Waals surface area contributed by atoms with Crippen LogP contribution < -0.4 is 19.5 Å². The molecule has 2 aromatic carbocycles. The minimum absolute atomic E-state index is 0.199. The molecule has 3 rings (SSSR count). The van der Waals surface area contributed by atoms with E-state index in [9.17, 15) is 4.79 Å². The third-order valence-electron chi connectivity index (χ3n) is 3.96. The van der Waals surface area contributed by atoms with Crippen LogP contribution in [0.4, 0.5) is 5.69 Å². The van der Waals surface area contributed by atoms with Crippen LogP contribution in [0, 0.1) is 0 Å². The molecule has 152 valence electrons. The molecule has 0 bridgehead atoms. The summed E-state index contributed by atoms with van der Waals surface area (Å²) in [6.45, 7) is 0. The van der Waals surface area contributed by atoms with Crippen LogP contribution in [0.5, 0.6) is 17.2 Å². The maximum Gasteiger partial charge on any atom is 0.260 e. The van der Waals surface area contributed by atoms with Gasteiger partial charge in [0.1, 0.15) is 0 Å². The summed E-state index contributed by atoms with van der Waals surface area (Å²) in [7, 11) is 4.55. The maximum absolute atomic E-state index is 11.8. The van der Waals surface area contributed by atoms with Crippen LogP contribution in [0.15, 0.2) is 40.9 Å². The van der Waals surface area contributed by atoms with Gasteiger partial charge >= 0.3 is 0 Å². The lowest BCUT2D eigenvalue weighted by atomic mass is 10.1. The molecule has 0 saturated heterocycles. The molecule has 0 radical (unpaired) electrons. The van der Waals surface area contributed by atoms with Gasteiger partial charge < -0.3 is 24.1 Å². The second-order valence-corrected chi connectivity index (χ2v) is 6.77. The third-order valence-corrected chi connectivity index (χ3v) is 4.36. The quantitative estimate of drug-likeness (QED) is 0.553. The minimum atomic E-state index is -1.21. The van der Waals surface area contributed by atoms with Gasteiger partial charge in [-0.25, -0.2) is 0 Å². The summed E-state index contributed by atoms with van der Waals surface area (Å²) in [6.07, 6.45) is 0. The molecule has 29 heavy (non-hydrogen) atoms. The fraction of sp³-hybridized carbons (Fsp3) is 0.211. The number of nitrogens with one attached hydrogen (secondary N) is 1. The Balaban J connectivity index is 2.00. The molecule has 8 nitrogen and oxygen atoms in total. The topological polar surface area (TPSA) is 95.7 Å². The first-order valence-electron chi connectivity index (χ1n) is 8.31. The summed E-state index contributed by atoms with van der Waals surface area (Å²) in [4.78, 5) is 15.1. The second kappa shape index (κ2) is 9.02. The number of amides is 1. The SMILES string of the molecule is COc1cc(-c2noc(-c3ccccc3NC(=O)C(Cl)Cl)n2)cc(OC)c1OC. The molecule has 0 aliphatic carbocycles. The molecular formula is C19H17Cl2N3O5. The lowest BCUT2D eigenvalue weighted by Crippen LogP contribution is -2.18. The lowest BCUT2D eigenvalue weighted by Gasteiger charge is -2.12. The Labute approximate surface area is 176 Å². The molecule has 0 unspecified atom stereocenters. The van der Waals surface area contributed by atoms with E-state index < -0.39 is 10.7 Å². The number of carbonyl (C=O) groups excluding carboxylic acids is 1. The van der Waals surface area contributed by atoms with E-state index in [0.717, 1.165) is 0 Å². The highest BCUT2D eigenvalue weighted by atomic mass is 35.5. The fourth-order valence-corrected chi connectivity index (χ4v) is 2.74. The molecule has 0 fully saturated rings. The summed E-state index contributed by atoms with van der Waals surface area (Å²) in [5.74, 6) is 1.29. The highest BCUT2D eigenvalue weighted by molar-refractivity contribution is 6.54. The summed E-state index contributed by atoms with van der Waals surface area (Å²) in [5, 5.41) is 6.64. The van der Waals surface area contributed by atoms with E-state index in [0.29, 0.717) is 39.9 Å². The van der Waals surface area contributed by atoms with Gasteiger partial charge in [0.25, 0.3) is 11.8 Å². The number of nitrogens with zero attached hydrogens (tertiary/aromatic N) is 2. The van der Waals surface area contributed by atoms with Crippen molar-refractivity contribution in [2.75, 3.05) is 26.6 Å². The first kappa shape index (κ1) is 20.8. The Morgan fingerprint density at radius 3 is 2.31 bits per heavy atom. The van der Waals surface area contributed by atoms with Crippen LogP contribution in [0.3, 0.4) is 0 Å². The normalized spacial score (nSPS) is 10.7. The van der Waals surface area contributed by atoms with Crippen molar-refractivity contribution in [3.8, 4) is 40.1 Å². The number of hydrogen-bond acceptors (Lipinski definition) is 7. The van der Waals surface area contributed by atoms with Crippen LogP contribution in [-0.2, 0) is 4.79 Å². The van der Waals surface area contributed by atoms with Gasteiger partial charge in [-0.15, -0.1) is 0 Å². The van der Waals surface area contributed by atoms with Crippen molar-refractivity contribution in [3.05, 3.63) is 36.4 Å². The first-order valence-corrected chi connectivity index (χ1v) is 9.18. The molecule has 1 aromatic heterocycles. The van der Waals surface area contributed by atoms with Gasteiger partial charge in [0.05, 0.1) is 32.6 Å². The van der Waals surface area contributed by atoms with Crippen molar-refractivity contribution in [1.82, 2.24) is 10.1 Å².